The van der Waals surface area contributed by atoms with Crippen LogP contribution >= 0.6 is 23.4 Å². The summed E-state index contributed by atoms with van der Waals surface area (Å²) in [5.41, 5.74) is 1.99. The molecule has 0 aliphatic heterocycles. The highest BCUT2D eigenvalue weighted by Gasteiger charge is 2.26. The molecule has 4 rings (SSSR count). The Bertz CT molecular complexity index is 1270. The third-order valence-corrected chi connectivity index (χ3v) is 6.85. The Morgan fingerprint density at radius 3 is 2.26 bits per heavy atom. The highest BCUT2D eigenvalue weighted by molar-refractivity contribution is 8.00. The van der Waals surface area contributed by atoms with Gasteiger partial charge in [0, 0.05) is 17.7 Å². The quantitative estimate of drug-likeness (QED) is 0.176. The van der Waals surface area contributed by atoms with Crippen molar-refractivity contribution >= 4 is 29.1 Å². The molecule has 7 heteroatoms. The van der Waals surface area contributed by atoms with Gasteiger partial charge in [-0.3, -0.25) is 4.79 Å². The summed E-state index contributed by atoms with van der Waals surface area (Å²) in [5, 5.41) is 24.3. The first-order valence-corrected chi connectivity index (χ1v) is 11.6. The van der Waals surface area contributed by atoms with Crippen molar-refractivity contribution in [1.82, 2.24) is 0 Å². The van der Waals surface area contributed by atoms with Crippen LogP contribution in [0.15, 0.2) is 95.9 Å². The van der Waals surface area contributed by atoms with E-state index in [1.807, 2.05) is 30.3 Å². The van der Waals surface area contributed by atoms with Gasteiger partial charge >= 0.3 is 0 Å². The van der Waals surface area contributed by atoms with Crippen LogP contribution in [-0.2, 0) is 6.61 Å². The van der Waals surface area contributed by atoms with E-state index in [1.54, 1.807) is 30.3 Å². The van der Waals surface area contributed by atoms with Crippen molar-refractivity contribution in [3.63, 3.8) is 0 Å². The van der Waals surface area contributed by atoms with E-state index in [1.165, 1.54) is 30.3 Å². The average Bonchev–Trinajstić information content (AvgIpc) is 2.88. The summed E-state index contributed by atoms with van der Waals surface area (Å²) in [5.74, 6) is 0.429. The predicted octanol–water partition coefficient (Wildman–Crippen LogP) is 6.75. The number of phenols is 3. The van der Waals surface area contributed by atoms with E-state index in [4.69, 9.17) is 17.8 Å². The zero-order chi connectivity index (χ0) is 24.8. The number of halogens is 1. The number of aromatic hydroxyl groups is 3. The highest BCUT2D eigenvalue weighted by atomic mass is 35.5. The van der Waals surface area contributed by atoms with Crippen LogP contribution in [0.1, 0.15) is 26.7 Å². The molecule has 0 aliphatic rings. The molecule has 4 aromatic rings. The van der Waals surface area contributed by atoms with Crippen LogP contribution in [0.2, 0.25) is 5.02 Å². The van der Waals surface area contributed by atoms with E-state index < -0.39 is 5.25 Å². The second kappa shape index (κ2) is 10.5. The second-order valence-electron chi connectivity index (χ2n) is 7.51. The molecule has 0 saturated carbocycles. The molecule has 0 bridgehead atoms. The minimum Gasteiger partial charge on any atom is -0.508 e. The first-order valence-electron chi connectivity index (χ1n) is 10.8. The number of rotatable bonds is 9. The van der Waals surface area contributed by atoms with Gasteiger partial charge in [0.1, 0.15) is 29.6 Å². The maximum atomic E-state index is 13.4. The lowest BCUT2D eigenvalue weighted by Crippen LogP contribution is -2.10. The van der Waals surface area contributed by atoms with Crippen LogP contribution < -0.4 is 4.74 Å². The normalized spacial score (nSPS) is 12.0. The number of carbonyl (C=O) groups excluding carboxylic acids is 1. The summed E-state index contributed by atoms with van der Waals surface area (Å²) in [7, 11) is 0. The molecular formula is C27H21ClO5S. The number of ketones is 1. The number of benzene rings is 4. The minimum absolute atomic E-state index is 0.0504. The summed E-state index contributed by atoms with van der Waals surface area (Å²) < 4.78 is 12.8. The van der Waals surface area contributed by atoms with E-state index in [0.717, 1.165) is 17.3 Å². The Kier molecular flexibility index (Phi) is 6.89. The smallest absolute Gasteiger partial charge is 0.293 e. The molecule has 1 unspecified atom stereocenters. The Balaban J connectivity index is 1.62. The van der Waals surface area contributed by atoms with Gasteiger partial charge < -0.3 is 20.1 Å². The number of hydrogen-bond donors (Lipinski definition) is 3. The summed E-state index contributed by atoms with van der Waals surface area (Å²) in [6.45, 7) is 0.315. The van der Waals surface area contributed by atoms with Gasteiger partial charge in [0.25, 0.3) is 1.43 Å². The van der Waals surface area contributed by atoms with Gasteiger partial charge in [0.2, 0.25) is 0 Å². The Labute approximate surface area is 207 Å². The van der Waals surface area contributed by atoms with Gasteiger partial charge in [-0.25, -0.2) is 0 Å². The third kappa shape index (κ3) is 5.65. The van der Waals surface area contributed by atoms with Crippen molar-refractivity contribution in [1.29, 1.82) is 1.43 Å². The summed E-state index contributed by atoms with van der Waals surface area (Å²) in [6.07, 6.45) is 0. The first kappa shape index (κ1) is 22.2. The largest absolute Gasteiger partial charge is 0.508 e. The van der Waals surface area contributed by atoms with Crippen molar-refractivity contribution in [2.75, 3.05) is 0 Å². The summed E-state index contributed by atoms with van der Waals surface area (Å²) >= 11 is 7.62. The SMILES string of the molecule is [3H]Oc1ccc(C(Sc2c(O)cc(OCc3ccccc3)cc2Cl)C(=O)c2ccc(O)cc2)cc1. The zero-order valence-electron chi connectivity index (χ0n) is 18.9. The average molecular weight is 495 g/mol. The van der Waals surface area contributed by atoms with E-state index in [2.05, 4.69) is 5.11 Å². The fourth-order valence-corrected chi connectivity index (χ4v) is 4.77. The molecular weight excluding hydrogens is 472 g/mol. The van der Waals surface area contributed by atoms with Crippen molar-refractivity contribution < 1.29 is 24.9 Å². The molecule has 4 aromatic carbocycles. The maximum absolute atomic E-state index is 13.4. The molecule has 5 nitrogen and oxygen atoms in total. The van der Waals surface area contributed by atoms with Gasteiger partial charge in [-0.15, -0.1) is 11.8 Å². The molecule has 0 heterocycles. The van der Waals surface area contributed by atoms with Crippen LogP contribution in [0.4, 0.5) is 0 Å². The van der Waals surface area contributed by atoms with Crippen LogP contribution in [0.5, 0.6) is 23.0 Å². The van der Waals surface area contributed by atoms with E-state index in [0.29, 0.717) is 34.1 Å². The van der Waals surface area contributed by atoms with E-state index in [9.17, 15) is 15.0 Å². The lowest BCUT2D eigenvalue weighted by molar-refractivity contribution is 0.0989. The van der Waals surface area contributed by atoms with E-state index >= 15 is 0 Å². The first-order chi connectivity index (χ1) is 16.9. The molecule has 0 radical (unpaired) electrons. The van der Waals surface area contributed by atoms with Crippen LogP contribution in [-0.4, -0.2) is 22.5 Å². The number of thioether (sulfide) groups is 1. The van der Waals surface area contributed by atoms with Crippen molar-refractivity contribution in [2.45, 2.75) is 16.8 Å². The summed E-state index contributed by atoms with van der Waals surface area (Å²) in [4.78, 5) is 13.8. The van der Waals surface area contributed by atoms with Gasteiger partial charge in [-0.05, 0) is 47.5 Å². The number of ether oxygens (including phenoxy) is 1. The lowest BCUT2D eigenvalue weighted by Gasteiger charge is -2.19. The molecule has 0 spiro atoms. The molecule has 1 atom stereocenters. The predicted molar refractivity (Wildman–Crippen MR) is 133 cm³/mol. The van der Waals surface area contributed by atoms with Crippen molar-refractivity contribution in [3.8, 4) is 23.0 Å². The molecule has 0 amide bonds. The highest BCUT2D eigenvalue weighted by Crippen LogP contribution is 2.46. The molecule has 3 N–H and O–H groups in total. The number of Topliss-reactive ketones (excluding diaryl/α,β-unsaturated/α-hetero) is 1. The molecule has 0 fully saturated rings. The van der Waals surface area contributed by atoms with Gasteiger partial charge in [-0.2, -0.15) is 0 Å². The molecule has 34 heavy (non-hydrogen) atoms. The molecule has 172 valence electrons. The van der Waals surface area contributed by atoms with Gasteiger partial charge in [0.15, 0.2) is 5.78 Å². The summed E-state index contributed by atoms with van der Waals surface area (Å²) in [6, 6.07) is 25.2. The molecule has 0 aromatic heterocycles. The van der Waals surface area contributed by atoms with Crippen LogP contribution in [0, 0.1) is 0 Å². The minimum atomic E-state index is -0.765. The van der Waals surface area contributed by atoms with Crippen LogP contribution in [0.3, 0.4) is 0 Å². The Morgan fingerprint density at radius 2 is 1.62 bits per heavy atom. The number of hydrogen-bond acceptors (Lipinski definition) is 6. The zero-order valence-corrected chi connectivity index (χ0v) is 19.4. The van der Waals surface area contributed by atoms with Gasteiger partial charge in [0.05, 0.1) is 15.2 Å². The monoisotopic (exact) mass is 494 g/mol. The molecule has 0 aliphatic carbocycles. The van der Waals surface area contributed by atoms with Crippen LogP contribution in [0.25, 0.3) is 0 Å². The lowest BCUT2D eigenvalue weighted by atomic mass is 10.0. The molecule has 0 saturated heterocycles. The topological polar surface area (TPSA) is 87.0 Å². The Hall–Kier alpha value is -3.61. The standard InChI is InChI=1S/C27H21ClO5S/c28-23-14-22(33-16-17-4-2-1-3-5-17)15-24(31)27(23)34-26(19-8-12-21(30)13-9-19)25(32)18-6-10-20(29)11-7-18/h1-15,26,29-31H,16H2/i/hT. The fraction of sp³-hybridized carbons (Fsp3) is 0.0741. The number of phenolic OH excluding ortho intramolecular Hbond substituents is 3. The van der Waals surface area contributed by atoms with E-state index in [-0.39, 0.29) is 22.3 Å². The second-order valence-corrected chi connectivity index (χ2v) is 9.03. The fourth-order valence-electron chi connectivity index (χ4n) is 3.31. The number of carbonyl (C=O) groups is 1. The maximum Gasteiger partial charge on any atom is 0.293 e. The van der Waals surface area contributed by atoms with Gasteiger partial charge in [-0.1, -0.05) is 54.1 Å². The van der Waals surface area contributed by atoms with Crippen molar-refractivity contribution in [2.24, 2.45) is 0 Å². The third-order valence-electron chi connectivity index (χ3n) is 5.05. The van der Waals surface area contributed by atoms with Crippen molar-refractivity contribution in [3.05, 3.63) is 113 Å². The Morgan fingerprint density at radius 1 is 0.941 bits per heavy atom.